The predicted octanol–water partition coefficient (Wildman–Crippen LogP) is 4.04. The van der Waals surface area contributed by atoms with E-state index in [1.807, 2.05) is 18.4 Å². The van der Waals surface area contributed by atoms with Crippen molar-refractivity contribution in [2.45, 2.75) is 19.9 Å². The van der Waals surface area contributed by atoms with Crippen LogP contribution < -0.4 is 5.32 Å². The highest BCUT2D eigenvalue weighted by atomic mass is 16.4. The summed E-state index contributed by atoms with van der Waals surface area (Å²) in [5.41, 5.74) is 2.32. The first kappa shape index (κ1) is 17.2. The molecule has 0 saturated carbocycles. The summed E-state index contributed by atoms with van der Waals surface area (Å²) in [6.07, 6.45) is 1.76. The van der Waals surface area contributed by atoms with Crippen molar-refractivity contribution in [3.8, 4) is 6.07 Å². The summed E-state index contributed by atoms with van der Waals surface area (Å²) in [5.74, 6) is -1.39. The third-order valence-corrected chi connectivity index (χ3v) is 4.13. The van der Waals surface area contributed by atoms with Gasteiger partial charge in [-0.25, -0.2) is 4.79 Å². The van der Waals surface area contributed by atoms with E-state index in [-0.39, 0.29) is 17.5 Å². The van der Waals surface area contributed by atoms with Gasteiger partial charge in [0.15, 0.2) is 0 Å². The molecule has 2 aromatic carbocycles. The number of nitrogens with one attached hydrogen (secondary N) is 1. The van der Waals surface area contributed by atoms with Crippen molar-refractivity contribution >= 4 is 28.5 Å². The number of aromatic carboxylic acids is 1. The minimum atomic E-state index is -1.05. The number of amides is 1. The van der Waals surface area contributed by atoms with Crippen molar-refractivity contribution in [1.29, 1.82) is 5.26 Å². The van der Waals surface area contributed by atoms with Gasteiger partial charge in [0.05, 0.1) is 28.3 Å². The Bertz CT molecular complexity index is 1060. The third-order valence-electron chi connectivity index (χ3n) is 4.13. The van der Waals surface area contributed by atoms with Gasteiger partial charge in [-0.2, -0.15) is 5.26 Å². The van der Waals surface area contributed by atoms with Crippen LogP contribution in [0.15, 0.2) is 48.7 Å². The van der Waals surface area contributed by atoms with Crippen LogP contribution in [0.2, 0.25) is 0 Å². The van der Waals surface area contributed by atoms with Gasteiger partial charge in [0.1, 0.15) is 0 Å². The van der Waals surface area contributed by atoms with E-state index in [0.717, 1.165) is 10.9 Å². The Kier molecular flexibility index (Phi) is 4.46. The molecule has 3 rings (SSSR count). The molecule has 0 aliphatic rings. The van der Waals surface area contributed by atoms with E-state index in [1.54, 1.807) is 36.5 Å². The van der Waals surface area contributed by atoms with Crippen LogP contribution in [0.1, 0.15) is 46.2 Å². The molecule has 26 heavy (non-hydrogen) atoms. The molecule has 0 atom stereocenters. The number of hydrogen-bond acceptors (Lipinski definition) is 3. The number of carboxylic acid groups (broad SMARTS) is 1. The van der Waals surface area contributed by atoms with Crippen molar-refractivity contribution in [3.05, 3.63) is 65.4 Å². The molecular formula is C20H17N3O3. The van der Waals surface area contributed by atoms with E-state index < -0.39 is 5.97 Å². The molecule has 0 aliphatic carbocycles. The summed E-state index contributed by atoms with van der Waals surface area (Å²) in [7, 11) is 0. The molecule has 2 N–H and O–H groups in total. The second-order valence-corrected chi connectivity index (χ2v) is 6.23. The maximum atomic E-state index is 12.8. The molecule has 3 aromatic rings. The molecule has 0 radical (unpaired) electrons. The van der Waals surface area contributed by atoms with E-state index >= 15 is 0 Å². The van der Waals surface area contributed by atoms with E-state index in [1.165, 1.54) is 12.1 Å². The zero-order valence-electron chi connectivity index (χ0n) is 14.4. The molecule has 130 valence electrons. The summed E-state index contributed by atoms with van der Waals surface area (Å²) in [6, 6.07) is 13.5. The molecular weight excluding hydrogens is 330 g/mol. The van der Waals surface area contributed by atoms with Crippen molar-refractivity contribution in [2.24, 2.45) is 0 Å². The molecule has 6 nitrogen and oxygen atoms in total. The van der Waals surface area contributed by atoms with Gasteiger partial charge in [-0.3, -0.25) is 4.79 Å². The van der Waals surface area contributed by atoms with Crippen LogP contribution in [0, 0.1) is 11.3 Å². The number of anilines is 1. The smallest absolute Gasteiger partial charge is 0.335 e. The topological polar surface area (TPSA) is 95.1 Å². The number of rotatable bonds is 4. The molecule has 0 saturated heterocycles. The largest absolute Gasteiger partial charge is 0.478 e. The number of nitrogens with zero attached hydrogens (tertiary/aromatic N) is 2. The number of benzene rings is 2. The van der Waals surface area contributed by atoms with Crippen LogP contribution in [0.5, 0.6) is 0 Å². The fourth-order valence-electron chi connectivity index (χ4n) is 2.86. The molecule has 0 spiro atoms. The third kappa shape index (κ3) is 3.15. The van der Waals surface area contributed by atoms with Gasteiger partial charge in [0.25, 0.3) is 5.91 Å². The predicted molar refractivity (Wildman–Crippen MR) is 98.4 cm³/mol. The first-order valence-electron chi connectivity index (χ1n) is 8.10. The quantitative estimate of drug-likeness (QED) is 0.744. The second-order valence-electron chi connectivity index (χ2n) is 6.23. The van der Waals surface area contributed by atoms with Crippen LogP contribution in [0.25, 0.3) is 10.9 Å². The highest BCUT2D eigenvalue weighted by molar-refractivity contribution is 6.13. The number of aromatic nitrogens is 1. The number of carboxylic acids is 1. The zero-order valence-corrected chi connectivity index (χ0v) is 14.4. The van der Waals surface area contributed by atoms with Crippen molar-refractivity contribution in [1.82, 2.24) is 4.57 Å². The summed E-state index contributed by atoms with van der Waals surface area (Å²) in [4.78, 5) is 23.8. The summed E-state index contributed by atoms with van der Waals surface area (Å²) < 4.78 is 1.94. The SMILES string of the molecule is CC(C)n1cc(C(=O)Nc2cccc(C(=O)O)c2)c2ccc(C#N)cc21. The van der Waals surface area contributed by atoms with Gasteiger partial charge < -0.3 is 15.0 Å². The highest BCUT2D eigenvalue weighted by Crippen LogP contribution is 2.26. The van der Waals surface area contributed by atoms with Crippen LogP contribution >= 0.6 is 0 Å². The summed E-state index contributed by atoms with van der Waals surface area (Å²) >= 11 is 0. The van der Waals surface area contributed by atoms with Crippen LogP contribution in [0.3, 0.4) is 0 Å². The van der Waals surface area contributed by atoms with Gasteiger partial charge >= 0.3 is 5.97 Å². The number of carbonyl (C=O) groups is 2. The lowest BCUT2D eigenvalue weighted by Crippen LogP contribution is -2.12. The highest BCUT2D eigenvalue weighted by Gasteiger charge is 2.17. The van der Waals surface area contributed by atoms with E-state index in [0.29, 0.717) is 16.8 Å². The van der Waals surface area contributed by atoms with Gasteiger partial charge in [0, 0.05) is 23.3 Å². The maximum absolute atomic E-state index is 12.8. The Morgan fingerprint density at radius 1 is 1.19 bits per heavy atom. The molecule has 1 amide bonds. The standard InChI is InChI=1S/C20H17N3O3/c1-12(2)23-11-17(16-7-6-13(10-21)8-18(16)23)19(24)22-15-5-3-4-14(9-15)20(25)26/h3-9,11-12H,1-2H3,(H,22,24)(H,25,26). The first-order valence-corrected chi connectivity index (χ1v) is 8.10. The van der Waals surface area contributed by atoms with Crippen molar-refractivity contribution < 1.29 is 14.7 Å². The summed E-state index contributed by atoms with van der Waals surface area (Å²) in [6.45, 7) is 3.99. The Morgan fingerprint density at radius 3 is 2.62 bits per heavy atom. The summed E-state index contributed by atoms with van der Waals surface area (Å²) in [5, 5.41) is 21.7. The maximum Gasteiger partial charge on any atom is 0.335 e. The zero-order chi connectivity index (χ0) is 18.8. The van der Waals surface area contributed by atoms with E-state index in [4.69, 9.17) is 10.4 Å². The first-order chi connectivity index (χ1) is 12.4. The lowest BCUT2D eigenvalue weighted by atomic mass is 10.1. The molecule has 1 aromatic heterocycles. The molecule has 6 heteroatoms. The average molecular weight is 347 g/mol. The van der Waals surface area contributed by atoms with Gasteiger partial charge in [-0.15, -0.1) is 0 Å². The molecule has 0 bridgehead atoms. The Morgan fingerprint density at radius 2 is 1.96 bits per heavy atom. The van der Waals surface area contributed by atoms with Crippen LogP contribution in [-0.2, 0) is 0 Å². The van der Waals surface area contributed by atoms with Gasteiger partial charge in [-0.1, -0.05) is 12.1 Å². The van der Waals surface area contributed by atoms with Crippen molar-refractivity contribution in [2.75, 3.05) is 5.32 Å². The molecule has 0 unspecified atom stereocenters. The van der Waals surface area contributed by atoms with E-state index in [2.05, 4.69) is 11.4 Å². The normalized spacial score (nSPS) is 10.7. The van der Waals surface area contributed by atoms with E-state index in [9.17, 15) is 9.59 Å². The van der Waals surface area contributed by atoms with Gasteiger partial charge in [-0.05, 0) is 44.2 Å². The average Bonchev–Trinajstić information content (AvgIpc) is 3.01. The molecule has 0 aliphatic heterocycles. The number of hydrogen-bond donors (Lipinski definition) is 2. The number of fused-ring (bicyclic) bond motifs is 1. The fourth-order valence-corrected chi connectivity index (χ4v) is 2.86. The number of nitriles is 1. The van der Waals surface area contributed by atoms with Crippen LogP contribution in [-0.4, -0.2) is 21.6 Å². The van der Waals surface area contributed by atoms with Crippen LogP contribution in [0.4, 0.5) is 5.69 Å². The lowest BCUT2D eigenvalue weighted by molar-refractivity contribution is 0.0696. The molecule has 1 heterocycles. The Balaban J connectivity index is 2.02. The molecule has 0 fully saturated rings. The van der Waals surface area contributed by atoms with Gasteiger partial charge in [0.2, 0.25) is 0 Å². The Labute approximate surface area is 150 Å². The lowest BCUT2D eigenvalue weighted by Gasteiger charge is -2.08. The fraction of sp³-hybridized carbons (Fsp3) is 0.150. The number of carbonyl (C=O) groups excluding carboxylic acids is 1. The Hall–Kier alpha value is -3.59. The van der Waals surface area contributed by atoms with Crippen molar-refractivity contribution in [3.63, 3.8) is 0 Å². The second kappa shape index (κ2) is 6.73. The minimum absolute atomic E-state index is 0.103. The monoisotopic (exact) mass is 347 g/mol. The minimum Gasteiger partial charge on any atom is -0.478 e.